The smallest absolute Gasteiger partial charge is 0.220 e. The first-order chi connectivity index (χ1) is 11.1. The summed E-state index contributed by atoms with van der Waals surface area (Å²) in [7, 11) is 2.06. The van der Waals surface area contributed by atoms with Crippen molar-refractivity contribution < 1.29 is 4.79 Å². The monoisotopic (exact) mass is 317 g/mol. The summed E-state index contributed by atoms with van der Waals surface area (Å²) in [4.78, 5) is 14.5. The quantitative estimate of drug-likeness (QED) is 0.813. The van der Waals surface area contributed by atoms with Crippen molar-refractivity contribution in [1.29, 1.82) is 0 Å². The summed E-state index contributed by atoms with van der Waals surface area (Å²) in [6, 6.07) is 10.5. The third-order valence-electron chi connectivity index (χ3n) is 5.30. The number of carbonyl (C=O) groups is 1. The number of likely N-dealkylation sites (N-methyl/N-ethyl adjacent to an activating group) is 1. The highest BCUT2D eigenvalue weighted by Gasteiger charge is 2.32. The molecule has 2 rings (SSSR count). The average molecular weight is 317 g/mol. The lowest BCUT2D eigenvalue weighted by Crippen LogP contribution is -2.43. The van der Waals surface area contributed by atoms with Crippen LogP contribution in [-0.2, 0) is 4.79 Å². The summed E-state index contributed by atoms with van der Waals surface area (Å²) in [5, 5.41) is 3.10. The van der Waals surface area contributed by atoms with Crippen LogP contribution in [0.25, 0.3) is 0 Å². The Kier molecular flexibility index (Phi) is 6.46. The Labute approximate surface area is 140 Å². The number of nitrogens with one attached hydrogen (secondary N) is 1. The van der Waals surface area contributed by atoms with Crippen molar-refractivity contribution in [2.45, 2.75) is 51.5 Å². The molecule has 0 radical (unpaired) electrons. The molecule has 1 atom stereocenters. The number of anilines is 1. The number of para-hydroxylation sites is 1. The van der Waals surface area contributed by atoms with Crippen molar-refractivity contribution in [2.75, 3.05) is 25.0 Å². The maximum atomic E-state index is 12.4. The van der Waals surface area contributed by atoms with Crippen molar-refractivity contribution >= 4 is 11.6 Å². The Morgan fingerprint density at radius 3 is 2.52 bits per heavy atom. The van der Waals surface area contributed by atoms with E-state index in [1.165, 1.54) is 24.9 Å². The minimum absolute atomic E-state index is 0.0386. The van der Waals surface area contributed by atoms with Crippen molar-refractivity contribution in [3.8, 4) is 0 Å². The standard InChI is InChI=1S/C19H31N3O/c1-16(22(2)17-9-5-3-6-10-17)14-21-18(23)13-19(15-20)11-7-4-8-12-19/h3,5-6,9-10,16H,4,7-8,11-15,20H2,1-2H3,(H,21,23). The molecule has 4 heteroatoms. The van der Waals surface area contributed by atoms with Crippen LogP contribution in [0.15, 0.2) is 30.3 Å². The van der Waals surface area contributed by atoms with Crippen LogP contribution in [0.2, 0.25) is 0 Å². The van der Waals surface area contributed by atoms with Gasteiger partial charge >= 0.3 is 0 Å². The first-order valence-corrected chi connectivity index (χ1v) is 8.81. The lowest BCUT2D eigenvalue weighted by atomic mass is 9.71. The third kappa shape index (κ3) is 4.96. The van der Waals surface area contributed by atoms with Crippen molar-refractivity contribution in [2.24, 2.45) is 11.1 Å². The second-order valence-corrected chi connectivity index (χ2v) is 7.04. The van der Waals surface area contributed by atoms with E-state index in [0.717, 1.165) is 12.8 Å². The average Bonchev–Trinajstić information content (AvgIpc) is 2.60. The number of nitrogens with zero attached hydrogens (tertiary/aromatic N) is 1. The van der Waals surface area contributed by atoms with E-state index < -0.39 is 0 Å². The fourth-order valence-corrected chi connectivity index (χ4v) is 3.47. The minimum atomic E-state index is 0.0386. The van der Waals surface area contributed by atoms with Crippen molar-refractivity contribution in [1.82, 2.24) is 5.32 Å². The van der Waals surface area contributed by atoms with E-state index >= 15 is 0 Å². The van der Waals surface area contributed by atoms with Crippen LogP contribution in [0.1, 0.15) is 45.4 Å². The molecule has 0 aromatic heterocycles. The molecule has 1 amide bonds. The maximum absolute atomic E-state index is 12.4. The van der Waals surface area contributed by atoms with Crippen LogP contribution in [0.4, 0.5) is 5.69 Å². The van der Waals surface area contributed by atoms with E-state index in [1.54, 1.807) is 0 Å². The number of amides is 1. The lowest BCUT2D eigenvalue weighted by molar-refractivity contribution is -0.123. The highest BCUT2D eigenvalue weighted by Crippen LogP contribution is 2.38. The largest absolute Gasteiger partial charge is 0.370 e. The van der Waals surface area contributed by atoms with Gasteiger partial charge < -0.3 is 16.0 Å². The fraction of sp³-hybridized carbons (Fsp3) is 0.632. The van der Waals surface area contributed by atoms with Gasteiger partial charge in [0.15, 0.2) is 0 Å². The van der Waals surface area contributed by atoms with Gasteiger partial charge in [-0.25, -0.2) is 0 Å². The molecule has 4 nitrogen and oxygen atoms in total. The predicted octanol–water partition coefficient (Wildman–Crippen LogP) is 2.93. The van der Waals surface area contributed by atoms with Crippen LogP contribution >= 0.6 is 0 Å². The molecule has 0 saturated heterocycles. The molecule has 1 fully saturated rings. The maximum Gasteiger partial charge on any atom is 0.220 e. The molecule has 0 bridgehead atoms. The Balaban J connectivity index is 1.81. The van der Waals surface area contributed by atoms with E-state index in [2.05, 4.69) is 36.3 Å². The van der Waals surface area contributed by atoms with Gasteiger partial charge in [0.1, 0.15) is 0 Å². The topological polar surface area (TPSA) is 58.4 Å². The molecule has 1 aliphatic rings. The van der Waals surface area contributed by atoms with Crippen molar-refractivity contribution in [3.05, 3.63) is 30.3 Å². The highest BCUT2D eigenvalue weighted by atomic mass is 16.1. The van der Waals surface area contributed by atoms with Gasteiger partial charge in [-0.15, -0.1) is 0 Å². The number of rotatable bonds is 7. The molecule has 1 aromatic carbocycles. The summed E-state index contributed by atoms with van der Waals surface area (Å²) in [6.45, 7) is 3.41. The zero-order valence-corrected chi connectivity index (χ0v) is 14.6. The van der Waals surface area contributed by atoms with E-state index in [9.17, 15) is 4.79 Å². The zero-order chi connectivity index (χ0) is 16.7. The first kappa shape index (κ1) is 17.8. The molecule has 128 valence electrons. The Morgan fingerprint density at radius 1 is 1.26 bits per heavy atom. The number of nitrogens with two attached hydrogens (primary N) is 1. The van der Waals surface area contributed by atoms with Crippen LogP contribution in [0.3, 0.4) is 0 Å². The van der Waals surface area contributed by atoms with Gasteiger partial charge in [-0.1, -0.05) is 37.5 Å². The number of benzene rings is 1. The molecule has 0 aliphatic heterocycles. The summed E-state index contributed by atoms with van der Waals surface area (Å²) in [6.07, 6.45) is 6.45. The third-order valence-corrected chi connectivity index (χ3v) is 5.30. The SMILES string of the molecule is CC(CNC(=O)CC1(CN)CCCCC1)N(C)c1ccccc1. The summed E-state index contributed by atoms with van der Waals surface area (Å²) in [5.74, 6) is 0.144. The molecule has 0 heterocycles. The summed E-state index contributed by atoms with van der Waals surface area (Å²) in [5.41, 5.74) is 7.18. The summed E-state index contributed by atoms with van der Waals surface area (Å²) >= 11 is 0. The lowest BCUT2D eigenvalue weighted by Gasteiger charge is -2.36. The highest BCUT2D eigenvalue weighted by molar-refractivity contribution is 5.76. The Hall–Kier alpha value is -1.55. The zero-order valence-electron chi connectivity index (χ0n) is 14.6. The van der Waals surface area contributed by atoms with Crippen LogP contribution < -0.4 is 16.0 Å². The van der Waals surface area contributed by atoms with Gasteiger partial charge in [0.25, 0.3) is 0 Å². The second kappa shape index (κ2) is 8.34. The van der Waals surface area contributed by atoms with Crippen LogP contribution in [-0.4, -0.2) is 32.1 Å². The molecule has 23 heavy (non-hydrogen) atoms. The molecule has 1 aromatic rings. The molecular formula is C19H31N3O. The van der Waals surface area contributed by atoms with Gasteiger partial charge in [-0.3, -0.25) is 4.79 Å². The van der Waals surface area contributed by atoms with E-state index in [0.29, 0.717) is 19.5 Å². The van der Waals surface area contributed by atoms with Crippen LogP contribution in [0, 0.1) is 5.41 Å². The van der Waals surface area contributed by atoms with Gasteiger partial charge in [0.2, 0.25) is 5.91 Å². The molecule has 1 unspecified atom stereocenters. The predicted molar refractivity (Wildman–Crippen MR) is 96.5 cm³/mol. The number of hydrogen-bond acceptors (Lipinski definition) is 3. The minimum Gasteiger partial charge on any atom is -0.370 e. The Morgan fingerprint density at radius 2 is 1.91 bits per heavy atom. The second-order valence-electron chi connectivity index (χ2n) is 7.04. The van der Waals surface area contributed by atoms with Gasteiger partial charge in [0, 0.05) is 31.7 Å². The van der Waals surface area contributed by atoms with E-state index in [-0.39, 0.29) is 17.4 Å². The Bertz CT molecular complexity index is 483. The van der Waals surface area contributed by atoms with Crippen LogP contribution in [0.5, 0.6) is 0 Å². The molecule has 1 saturated carbocycles. The normalized spacial score (nSPS) is 18.2. The first-order valence-electron chi connectivity index (χ1n) is 8.81. The number of carbonyl (C=O) groups excluding carboxylic acids is 1. The molecule has 0 spiro atoms. The van der Waals surface area contributed by atoms with Gasteiger partial charge in [0.05, 0.1) is 0 Å². The van der Waals surface area contributed by atoms with Crippen molar-refractivity contribution in [3.63, 3.8) is 0 Å². The fourth-order valence-electron chi connectivity index (χ4n) is 3.47. The molecular weight excluding hydrogens is 286 g/mol. The molecule has 1 aliphatic carbocycles. The van der Waals surface area contributed by atoms with E-state index in [4.69, 9.17) is 5.73 Å². The number of hydrogen-bond donors (Lipinski definition) is 2. The van der Waals surface area contributed by atoms with E-state index in [1.807, 2.05) is 18.2 Å². The summed E-state index contributed by atoms with van der Waals surface area (Å²) < 4.78 is 0. The molecule has 3 N–H and O–H groups in total. The van der Waals surface area contributed by atoms with Gasteiger partial charge in [-0.05, 0) is 43.9 Å². The van der Waals surface area contributed by atoms with Gasteiger partial charge in [-0.2, -0.15) is 0 Å².